The van der Waals surface area contributed by atoms with Gasteiger partial charge in [-0.15, -0.1) is 0 Å². The van der Waals surface area contributed by atoms with Crippen molar-refractivity contribution in [3.8, 4) is 0 Å². The van der Waals surface area contributed by atoms with Gasteiger partial charge in [0.1, 0.15) is 5.78 Å². The number of carbonyl (C=O) groups is 3. The van der Waals surface area contributed by atoms with E-state index in [0.29, 0.717) is 0 Å². The van der Waals surface area contributed by atoms with E-state index >= 15 is 0 Å². The van der Waals surface area contributed by atoms with Gasteiger partial charge < -0.3 is 9.84 Å². The first kappa shape index (κ1) is 12.6. The standard InChI is InChI=1S/C9H14O5/c1-5(2)9(13)14-7(8(11)12)4-6(3)10/h5,7H,4H2,1-3H3,(H,11,12)/t7-/m0/s1. The predicted molar refractivity (Wildman–Crippen MR) is 47.7 cm³/mol. The molecule has 0 unspecified atom stereocenters. The molecule has 0 aliphatic heterocycles. The molecule has 0 rings (SSSR count). The van der Waals surface area contributed by atoms with Crippen LogP contribution in [0.3, 0.4) is 0 Å². The summed E-state index contributed by atoms with van der Waals surface area (Å²) in [5.74, 6) is -2.63. The van der Waals surface area contributed by atoms with Crippen molar-refractivity contribution in [3.63, 3.8) is 0 Å². The van der Waals surface area contributed by atoms with E-state index in [4.69, 9.17) is 5.11 Å². The quantitative estimate of drug-likeness (QED) is 0.661. The maximum Gasteiger partial charge on any atom is 0.345 e. The number of aliphatic carboxylic acids is 1. The van der Waals surface area contributed by atoms with Gasteiger partial charge in [0, 0.05) is 0 Å². The lowest BCUT2D eigenvalue weighted by Gasteiger charge is -2.13. The number of ether oxygens (including phenoxy) is 1. The molecule has 0 heterocycles. The van der Waals surface area contributed by atoms with Gasteiger partial charge in [0.25, 0.3) is 0 Å². The lowest BCUT2D eigenvalue weighted by atomic mass is 10.2. The Kier molecular flexibility index (Phi) is 4.83. The minimum atomic E-state index is -1.36. The highest BCUT2D eigenvalue weighted by Crippen LogP contribution is 2.05. The molecule has 5 nitrogen and oxygen atoms in total. The summed E-state index contributed by atoms with van der Waals surface area (Å²) in [5.41, 5.74) is 0. The second kappa shape index (κ2) is 5.36. The van der Waals surface area contributed by atoms with Crippen LogP contribution in [0.1, 0.15) is 27.2 Å². The Morgan fingerprint density at radius 1 is 1.29 bits per heavy atom. The number of rotatable bonds is 5. The van der Waals surface area contributed by atoms with E-state index in [1.807, 2.05) is 0 Å². The molecule has 0 aromatic carbocycles. The highest BCUT2D eigenvalue weighted by Gasteiger charge is 2.24. The molecule has 0 aromatic rings. The maximum atomic E-state index is 11.0. The van der Waals surface area contributed by atoms with Crippen molar-refractivity contribution in [1.82, 2.24) is 0 Å². The van der Waals surface area contributed by atoms with Crippen LogP contribution in [0.5, 0.6) is 0 Å². The van der Waals surface area contributed by atoms with Gasteiger partial charge in [-0.1, -0.05) is 13.8 Å². The second-order valence-electron chi connectivity index (χ2n) is 3.32. The van der Waals surface area contributed by atoms with E-state index in [1.165, 1.54) is 6.92 Å². The number of carbonyl (C=O) groups excluding carboxylic acids is 2. The summed E-state index contributed by atoms with van der Waals surface area (Å²) in [5, 5.41) is 8.62. The minimum Gasteiger partial charge on any atom is -0.478 e. The molecule has 0 spiro atoms. The summed E-state index contributed by atoms with van der Waals surface area (Å²) in [6.07, 6.45) is -1.64. The first-order valence-electron chi connectivity index (χ1n) is 4.27. The Balaban J connectivity index is 4.31. The molecular formula is C9H14O5. The fourth-order valence-electron chi connectivity index (χ4n) is 0.717. The predicted octanol–water partition coefficient (Wildman–Crippen LogP) is 0.618. The van der Waals surface area contributed by atoms with Crippen molar-refractivity contribution in [2.75, 3.05) is 0 Å². The molecule has 0 bridgehead atoms. The Bertz CT molecular complexity index is 244. The number of Topliss-reactive ketones (excluding diaryl/α,β-unsaturated/α-hetero) is 1. The molecule has 0 saturated carbocycles. The van der Waals surface area contributed by atoms with Gasteiger partial charge >= 0.3 is 11.9 Å². The van der Waals surface area contributed by atoms with Crippen LogP contribution in [-0.4, -0.2) is 28.9 Å². The summed E-state index contributed by atoms with van der Waals surface area (Å²) >= 11 is 0. The molecule has 0 aromatic heterocycles. The number of carboxylic acids is 1. The van der Waals surface area contributed by atoms with Gasteiger partial charge in [0.15, 0.2) is 0 Å². The molecule has 0 amide bonds. The Hall–Kier alpha value is -1.39. The van der Waals surface area contributed by atoms with Crippen molar-refractivity contribution in [2.24, 2.45) is 5.92 Å². The highest BCUT2D eigenvalue weighted by molar-refractivity contribution is 5.85. The van der Waals surface area contributed by atoms with Gasteiger partial charge in [0.2, 0.25) is 6.10 Å². The number of hydrogen-bond acceptors (Lipinski definition) is 4. The van der Waals surface area contributed by atoms with Crippen molar-refractivity contribution >= 4 is 17.7 Å². The average molecular weight is 202 g/mol. The van der Waals surface area contributed by atoms with E-state index in [-0.39, 0.29) is 12.2 Å². The van der Waals surface area contributed by atoms with Gasteiger partial charge in [0.05, 0.1) is 12.3 Å². The third kappa shape index (κ3) is 4.59. The van der Waals surface area contributed by atoms with E-state index in [2.05, 4.69) is 4.74 Å². The first-order chi connectivity index (χ1) is 6.34. The van der Waals surface area contributed by atoms with Crippen LogP contribution >= 0.6 is 0 Å². The molecule has 0 aliphatic carbocycles. The lowest BCUT2D eigenvalue weighted by Crippen LogP contribution is -2.30. The zero-order valence-electron chi connectivity index (χ0n) is 8.44. The Morgan fingerprint density at radius 3 is 2.07 bits per heavy atom. The van der Waals surface area contributed by atoms with Crippen molar-refractivity contribution in [1.29, 1.82) is 0 Å². The van der Waals surface area contributed by atoms with Crippen molar-refractivity contribution in [2.45, 2.75) is 33.3 Å². The number of ketones is 1. The molecule has 14 heavy (non-hydrogen) atoms. The normalized spacial score (nSPS) is 12.3. The summed E-state index contributed by atoms with van der Waals surface area (Å²) < 4.78 is 4.62. The summed E-state index contributed by atoms with van der Waals surface area (Å²) in [6, 6.07) is 0. The van der Waals surface area contributed by atoms with Gasteiger partial charge in [-0.2, -0.15) is 0 Å². The Labute approximate surface area is 82.1 Å². The van der Waals surface area contributed by atoms with Crippen molar-refractivity contribution in [3.05, 3.63) is 0 Å². The molecule has 1 atom stereocenters. The monoisotopic (exact) mass is 202 g/mol. The van der Waals surface area contributed by atoms with Gasteiger partial charge in [-0.3, -0.25) is 9.59 Å². The molecular weight excluding hydrogens is 188 g/mol. The summed E-state index contributed by atoms with van der Waals surface area (Å²) in [7, 11) is 0. The van der Waals surface area contributed by atoms with E-state index in [0.717, 1.165) is 0 Å². The molecule has 5 heteroatoms. The van der Waals surface area contributed by atoms with Crippen LogP contribution in [0.2, 0.25) is 0 Å². The van der Waals surface area contributed by atoms with E-state index < -0.39 is 24.0 Å². The topological polar surface area (TPSA) is 80.7 Å². The summed E-state index contributed by atoms with van der Waals surface area (Å²) in [6.45, 7) is 4.43. The lowest BCUT2D eigenvalue weighted by molar-refractivity contribution is -0.167. The van der Waals surface area contributed by atoms with Crippen LogP contribution in [-0.2, 0) is 19.1 Å². The molecule has 80 valence electrons. The van der Waals surface area contributed by atoms with Crippen molar-refractivity contribution < 1.29 is 24.2 Å². The summed E-state index contributed by atoms with van der Waals surface area (Å²) in [4.78, 5) is 32.3. The third-order valence-corrected chi connectivity index (χ3v) is 1.48. The van der Waals surface area contributed by atoms with Crippen LogP contribution in [0.4, 0.5) is 0 Å². The third-order valence-electron chi connectivity index (χ3n) is 1.48. The SMILES string of the molecule is CC(=O)C[C@H](OC(=O)C(C)C)C(=O)O. The van der Waals surface area contributed by atoms with Crippen LogP contribution in [0.15, 0.2) is 0 Å². The minimum absolute atomic E-state index is 0.284. The van der Waals surface area contributed by atoms with Crippen LogP contribution in [0.25, 0.3) is 0 Å². The second-order valence-corrected chi connectivity index (χ2v) is 3.32. The van der Waals surface area contributed by atoms with Crippen LogP contribution < -0.4 is 0 Å². The zero-order valence-corrected chi connectivity index (χ0v) is 8.44. The molecule has 0 radical (unpaired) electrons. The maximum absolute atomic E-state index is 11.0. The van der Waals surface area contributed by atoms with Gasteiger partial charge in [-0.25, -0.2) is 4.79 Å². The highest BCUT2D eigenvalue weighted by atomic mass is 16.6. The molecule has 0 saturated heterocycles. The van der Waals surface area contributed by atoms with Crippen LogP contribution in [0, 0.1) is 5.92 Å². The number of carboxylic acid groups (broad SMARTS) is 1. The fraction of sp³-hybridized carbons (Fsp3) is 0.667. The molecule has 0 aliphatic rings. The molecule has 0 fully saturated rings. The van der Waals surface area contributed by atoms with E-state index in [1.54, 1.807) is 13.8 Å². The molecule has 1 N–H and O–H groups in total. The zero-order chi connectivity index (χ0) is 11.3. The Morgan fingerprint density at radius 2 is 1.79 bits per heavy atom. The number of esters is 1. The average Bonchev–Trinajstić information content (AvgIpc) is 2.01. The fourth-order valence-corrected chi connectivity index (χ4v) is 0.717. The first-order valence-corrected chi connectivity index (χ1v) is 4.27. The van der Waals surface area contributed by atoms with Gasteiger partial charge in [-0.05, 0) is 6.92 Å². The largest absolute Gasteiger partial charge is 0.478 e. The smallest absolute Gasteiger partial charge is 0.345 e. The van der Waals surface area contributed by atoms with E-state index in [9.17, 15) is 14.4 Å². The number of hydrogen-bond donors (Lipinski definition) is 1.